The van der Waals surface area contributed by atoms with Gasteiger partial charge in [0, 0.05) is 17.6 Å². The van der Waals surface area contributed by atoms with Crippen LogP contribution in [-0.4, -0.2) is 19.5 Å². The molecule has 2 heterocycles. The molecule has 114 valence electrons. The van der Waals surface area contributed by atoms with E-state index in [9.17, 15) is 4.79 Å². The summed E-state index contributed by atoms with van der Waals surface area (Å²) in [4.78, 5) is 23.5. The number of nitrogens with zero attached hydrogens (tertiary/aromatic N) is 3. The molecular formula is C17H15N5O. The average molecular weight is 305 g/mol. The predicted octanol–water partition coefficient (Wildman–Crippen LogP) is 3.04. The van der Waals surface area contributed by atoms with Gasteiger partial charge in [-0.1, -0.05) is 18.2 Å². The highest BCUT2D eigenvalue weighted by Crippen LogP contribution is 2.26. The minimum atomic E-state index is -0.108. The van der Waals surface area contributed by atoms with Crippen LogP contribution in [0, 0.1) is 0 Å². The van der Waals surface area contributed by atoms with Crippen LogP contribution in [0.4, 0.5) is 11.5 Å². The Labute approximate surface area is 131 Å². The highest BCUT2D eigenvalue weighted by Gasteiger charge is 2.10. The van der Waals surface area contributed by atoms with E-state index in [1.165, 1.54) is 6.33 Å². The van der Waals surface area contributed by atoms with Crippen molar-refractivity contribution in [2.45, 2.75) is 13.5 Å². The standard InChI is InChI=1S/C17H15N5O/c1-2-22-15-9-13-12(8-14(15)21-17(22)23)16(19-10-18-13)20-11-6-4-3-5-7-11/h3-10H,2H2,1H3,(H,21,23)(H,18,19,20). The van der Waals surface area contributed by atoms with Crippen LogP contribution in [0.25, 0.3) is 21.9 Å². The minimum absolute atomic E-state index is 0.108. The number of para-hydroxylation sites is 1. The Hall–Kier alpha value is -3.15. The highest BCUT2D eigenvalue weighted by molar-refractivity contribution is 5.99. The van der Waals surface area contributed by atoms with Crippen molar-refractivity contribution in [1.29, 1.82) is 0 Å². The summed E-state index contributed by atoms with van der Waals surface area (Å²) in [7, 11) is 0. The van der Waals surface area contributed by atoms with E-state index in [0.29, 0.717) is 12.4 Å². The zero-order valence-electron chi connectivity index (χ0n) is 12.6. The van der Waals surface area contributed by atoms with Crippen molar-refractivity contribution in [2.24, 2.45) is 0 Å². The Balaban J connectivity index is 1.93. The summed E-state index contributed by atoms with van der Waals surface area (Å²) in [5, 5.41) is 4.17. The highest BCUT2D eigenvalue weighted by atomic mass is 16.1. The van der Waals surface area contributed by atoms with E-state index >= 15 is 0 Å². The number of nitrogens with one attached hydrogen (secondary N) is 2. The molecule has 2 aromatic heterocycles. The maximum atomic E-state index is 12.0. The summed E-state index contributed by atoms with van der Waals surface area (Å²) in [6.45, 7) is 2.56. The van der Waals surface area contributed by atoms with Gasteiger partial charge in [-0.05, 0) is 31.2 Å². The van der Waals surface area contributed by atoms with E-state index in [0.717, 1.165) is 27.6 Å². The predicted molar refractivity (Wildman–Crippen MR) is 91.1 cm³/mol. The number of aromatic amines is 1. The van der Waals surface area contributed by atoms with E-state index in [1.807, 2.05) is 49.4 Å². The normalized spacial score (nSPS) is 11.2. The molecule has 2 N–H and O–H groups in total. The van der Waals surface area contributed by atoms with Crippen molar-refractivity contribution in [3.05, 3.63) is 59.3 Å². The molecule has 0 aliphatic rings. The third-order valence-corrected chi connectivity index (χ3v) is 3.88. The lowest BCUT2D eigenvalue weighted by Crippen LogP contribution is -2.14. The lowest BCUT2D eigenvalue weighted by molar-refractivity contribution is 0.753. The number of H-pyrrole nitrogens is 1. The van der Waals surface area contributed by atoms with Gasteiger partial charge in [-0.25, -0.2) is 14.8 Å². The molecule has 4 aromatic rings. The van der Waals surface area contributed by atoms with Crippen LogP contribution in [0.5, 0.6) is 0 Å². The number of aryl methyl sites for hydroxylation is 1. The summed E-state index contributed by atoms with van der Waals surface area (Å²) in [6.07, 6.45) is 1.53. The van der Waals surface area contributed by atoms with Gasteiger partial charge in [0.25, 0.3) is 0 Å². The van der Waals surface area contributed by atoms with Crippen molar-refractivity contribution in [3.63, 3.8) is 0 Å². The van der Waals surface area contributed by atoms with Gasteiger partial charge in [0.2, 0.25) is 0 Å². The van der Waals surface area contributed by atoms with E-state index in [2.05, 4.69) is 20.3 Å². The Kier molecular flexibility index (Phi) is 3.08. The number of hydrogen-bond donors (Lipinski definition) is 2. The molecule has 0 bridgehead atoms. The summed E-state index contributed by atoms with van der Waals surface area (Å²) >= 11 is 0. The van der Waals surface area contributed by atoms with Crippen LogP contribution in [0.1, 0.15) is 6.92 Å². The molecular weight excluding hydrogens is 290 g/mol. The second-order valence-corrected chi connectivity index (χ2v) is 5.27. The molecule has 4 rings (SSSR count). The first-order chi connectivity index (χ1) is 11.3. The first kappa shape index (κ1) is 13.5. The molecule has 0 saturated carbocycles. The molecule has 6 heteroatoms. The molecule has 0 amide bonds. The monoisotopic (exact) mass is 305 g/mol. The van der Waals surface area contributed by atoms with Gasteiger partial charge in [-0.3, -0.25) is 4.57 Å². The fourth-order valence-corrected chi connectivity index (χ4v) is 2.78. The second-order valence-electron chi connectivity index (χ2n) is 5.27. The van der Waals surface area contributed by atoms with Crippen molar-refractivity contribution >= 4 is 33.4 Å². The first-order valence-corrected chi connectivity index (χ1v) is 7.45. The number of benzene rings is 2. The Bertz CT molecular complexity index is 1050. The van der Waals surface area contributed by atoms with Crippen LogP contribution >= 0.6 is 0 Å². The van der Waals surface area contributed by atoms with E-state index in [-0.39, 0.29) is 5.69 Å². The first-order valence-electron chi connectivity index (χ1n) is 7.45. The number of rotatable bonds is 3. The number of imidazole rings is 1. The SMILES string of the molecule is CCn1c(=O)[nH]c2cc3c(Nc4ccccc4)ncnc3cc21. The average Bonchev–Trinajstić information content (AvgIpc) is 2.88. The largest absolute Gasteiger partial charge is 0.340 e. The van der Waals surface area contributed by atoms with Gasteiger partial charge in [0.15, 0.2) is 0 Å². The van der Waals surface area contributed by atoms with Gasteiger partial charge in [-0.15, -0.1) is 0 Å². The molecule has 2 aromatic carbocycles. The Morgan fingerprint density at radius 1 is 1.17 bits per heavy atom. The molecule has 0 atom stereocenters. The molecule has 0 aliphatic carbocycles. The lowest BCUT2D eigenvalue weighted by atomic mass is 10.2. The number of aromatic nitrogens is 4. The second kappa shape index (κ2) is 5.24. The zero-order valence-corrected chi connectivity index (χ0v) is 12.6. The summed E-state index contributed by atoms with van der Waals surface area (Å²) < 4.78 is 1.70. The van der Waals surface area contributed by atoms with Gasteiger partial charge in [0.05, 0.1) is 16.6 Å². The van der Waals surface area contributed by atoms with Gasteiger partial charge < -0.3 is 10.3 Å². The summed E-state index contributed by atoms with van der Waals surface area (Å²) in [5.41, 5.74) is 3.28. The quantitative estimate of drug-likeness (QED) is 0.610. The van der Waals surface area contributed by atoms with E-state index in [4.69, 9.17) is 0 Å². The fourth-order valence-electron chi connectivity index (χ4n) is 2.78. The van der Waals surface area contributed by atoms with Gasteiger partial charge >= 0.3 is 5.69 Å². The van der Waals surface area contributed by atoms with E-state index < -0.39 is 0 Å². The fraction of sp³-hybridized carbons (Fsp3) is 0.118. The van der Waals surface area contributed by atoms with Crippen molar-refractivity contribution < 1.29 is 0 Å². The molecule has 0 fully saturated rings. The van der Waals surface area contributed by atoms with Crippen LogP contribution in [0.3, 0.4) is 0 Å². The van der Waals surface area contributed by atoms with Crippen LogP contribution < -0.4 is 11.0 Å². The molecule has 6 nitrogen and oxygen atoms in total. The van der Waals surface area contributed by atoms with Gasteiger partial charge in [-0.2, -0.15) is 0 Å². The van der Waals surface area contributed by atoms with Crippen molar-refractivity contribution in [3.8, 4) is 0 Å². The maximum Gasteiger partial charge on any atom is 0.326 e. The van der Waals surface area contributed by atoms with Crippen molar-refractivity contribution in [2.75, 3.05) is 5.32 Å². The zero-order chi connectivity index (χ0) is 15.8. The molecule has 0 spiro atoms. The Morgan fingerprint density at radius 2 is 2.00 bits per heavy atom. The van der Waals surface area contributed by atoms with Crippen LogP contribution in [-0.2, 0) is 6.54 Å². The molecule has 0 saturated heterocycles. The number of hydrogen-bond acceptors (Lipinski definition) is 4. The minimum Gasteiger partial charge on any atom is -0.340 e. The lowest BCUT2D eigenvalue weighted by Gasteiger charge is -2.08. The summed E-state index contributed by atoms with van der Waals surface area (Å²) in [6, 6.07) is 13.7. The number of fused-ring (bicyclic) bond motifs is 2. The molecule has 0 unspecified atom stereocenters. The topological polar surface area (TPSA) is 75.6 Å². The van der Waals surface area contributed by atoms with Crippen LogP contribution in [0.2, 0.25) is 0 Å². The third kappa shape index (κ3) is 2.24. The summed E-state index contributed by atoms with van der Waals surface area (Å²) in [5.74, 6) is 0.716. The van der Waals surface area contributed by atoms with Gasteiger partial charge in [0.1, 0.15) is 12.1 Å². The Morgan fingerprint density at radius 3 is 2.78 bits per heavy atom. The maximum absolute atomic E-state index is 12.0. The molecule has 0 aliphatic heterocycles. The van der Waals surface area contributed by atoms with Crippen molar-refractivity contribution in [1.82, 2.24) is 19.5 Å². The third-order valence-electron chi connectivity index (χ3n) is 3.88. The molecule has 0 radical (unpaired) electrons. The molecule has 23 heavy (non-hydrogen) atoms. The smallest absolute Gasteiger partial charge is 0.326 e. The van der Waals surface area contributed by atoms with Crippen LogP contribution in [0.15, 0.2) is 53.6 Å². The number of anilines is 2. The van der Waals surface area contributed by atoms with E-state index in [1.54, 1.807) is 4.57 Å².